The van der Waals surface area contributed by atoms with E-state index in [2.05, 4.69) is 5.32 Å². The van der Waals surface area contributed by atoms with Crippen molar-refractivity contribution in [1.82, 2.24) is 10.2 Å². The zero-order chi connectivity index (χ0) is 29.4. The Hall–Kier alpha value is -3.36. The Labute approximate surface area is 243 Å². The van der Waals surface area contributed by atoms with Crippen LogP contribution in [0.4, 0.5) is 5.69 Å². The Bertz CT molecular complexity index is 1430. The van der Waals surface area contributed by atoms with Gasteiger partial charge in [0.2, 0.25) is 11.8 Å². The van der Waals surface area contributed by atoms with Crippen LogP contribution in [0.15, 0.2) is 77.7 Å². The first kappa shape index (κ1) is 31.2. The molecule has 0 saturated heterocycles. The van der Waals surface area contributed by atoms with Crippen LogP contribution in [0.3, 0.4) is 0 Å². The average molecular weight is 584 g/mol. The number of nitrogens with one attached hydrogen (secondary N) is 1. The second-order valence-corrected chi connectivity index (χ2v) is 12.2. The molecule has 1 N–H and O–H groups in total. The molecule has 0 saturated carbocycles. The summed E-state index contributed by atoms with van der Waals surface area (Å²) in [6, 6.07) is 19.7. The fourth-order valence-electron chi connectivity index (χ4n) is 4.34. The quantitative estimate of drug-likeness (QED) is 0.289. The van der Waals surface area contributed by atoms with Gasteiger partial charge >= 0.3 is 0 Å². The number of anilines is 1. The second kappa shape index (κ2) is 13.8. The maximum atomic E-state index is 14.1. The van der Waals surface area contributed by atoms with Crippen LogP contribution in [-0.4, -0.2) is 43.8 Å². The van der Waals surface area contributed by atoms with Gasteiger partial charge in [-0.1, -0.05) is 79.5 Å². The van der Waals surface area contributed by atoms with Crippen molar-refractivity contribution in [2.75, 3.05) is 10.8 Å². The minimum Gasteiger partial charge on any atom is -0.352 e. The van der Waals surface area contributed by atoms with Crippen molar-refractivity contribution in [3.63, 3.8) is 0 Å². The van der Waals surface area contributed by atoms with E-state index < -0.39 is 28.5 Å². The van der Waals surface area contributed by atoms with Crippen molar-refractivity contribution in [3.05, 3.63) is 94.5 Å². The number of carbonyl (C=O) groups excluding carboxylic acids is 2. The molecule has 7 nitrogen and oxygen atoms in total. The molecule has 40 heavy (non-hydrogen) atoms. The Morgan fingerprint density at radius 2 is 1.52 bits per heavy atom. The summed E-state index contributed by atoms with van der Waals surface area (Å²) in [5.41, 5.74) is 2.93. The lowest BCUT2D eigenvalue weighted by Gasteiger charge is -2.34. The first-order valence-electron chi connectivity index (χ1n) is 13.5. The third-order valence-electron chi connectivity index (χ3n) is 7.00. The molecule has 0 radical (unpaired) electrons. The summed E-state index contributed by atoms with van der Waals surface area (Å²) in [6.45, 7) is 9.15. The van der Waals surface area contributed by atoms with E-state index in [0.717, 1.165) is 27.4 Å². The number of hydrogen-bond acceptors (Lipinski definition) is 4. The van der Waals surface area contributed by atoms with E-state index in [1.165, 1.54) is 17.0 Å². The van der Waals surface area contributed by atoms with E-state index in [4.69, 9.17) is 11.6 Å². The van der Waals surface area contributed by atoms with E-state index in [1.54, 1.807) is 36.4 Å². The molecule has 0 aliphatic heterocycles. The summed E-state index contributed by atoms with van der Waals surface area (Å²) < 4.78 is 28.9. The third kappa shape index (κ3) is 7.43. The van der Waals surface area contributed by atoms with Crippen LogP contribution in [0.25, 0.3) is 0 Å². The number of amides is 2. The van der Waals surface area contributed by atoms with Crippen molar-refractivity contribution in [1.29, 1.82) is 0 Å². The van der Waals surface area contributed by atoms with E-state index in [1.807, 2.05) is 58.9 Å². The second-order valence-electron chi connectivity index (χ2n) is 9.97. The molecule has 3 aromatic rings. The normalized spacial score (nSPS) is 12.8. The summed E-state index contributed by atoms with van der Waals surface area (Å²) >= 11 is 6.47. The molecule has 2 amide bonds. The molecule has 0 spiro atoms. The first-order chi connectivity index (χ1) is 19.0. The number of rotatable bonds is 12. The van der Waals surface area contributed by atoms with Crippen LogP contribution >= 0.6 is 11.6 Å². The molecule has 0 bridgehead atoms. The standard InChI is InChI=1S/C31H38ClN3O4S/c1-6-24(5)33-31(37)28(7-2)34(20-25-13-9-8-12-23(25)4)30(36)21-35(29-15-11-10-14-27(29)32)40(38,39)26-18-16-22(3)17-19-26/h8-19,24,28H,6-7,20-21H2,1-5H3,(H,33,37)/t24-,28+/m0/s1. The number of hydrogen-bond donors (Lipinski definition) is 1. The Balaban J connectivity index is 2.08. The molecule has 0 fully saturated rings. The predicted octanol–water partition coefficient (Wildman–Crippen LogP) is 5.87. The van der Waals surface area contributed by atoms with Crippen molar-refractivity contribution in [2.45, 2.75) is 71.0 Å². The largest absolute Gasteiger partial charge is 0.352 e. The number of sulfonamides is 1. The highest BCUT2D eigenvalue weighted by molar-refractivity contribution is 7.92. The van der Waals surface area contributed by atoms with Gasteiger partial charge in [0.05, 0.1) is 15.6 Å². The Morgan fingerprint density at radius 1 is 0.900 bits per heavy atom. The highest BCUT2D eigenvalue weighted by Crippen LogP contribution is 2.31. The van der Waals surface area contributed by atoms with Gasteiger partial charge in [-0.2, -0.15) is 0 Å². The van der Waals surface area contributed by atoms with Gasteiger partial charge in [0, 0.05) is 12.6 Å². The maximum Gasteiger partial charge on any atom is 0.264 e. The molecule has 0 aliphatic carbocycles. The van der Waals surface area contributed by atoms with Gasteiger partial charge in [0.15, 0.2) is 0 Å². The predicted molar refractivity (Wildman–Crippen MR) is 161 cm³/mol. The molecule has 3 aromatic carbocycles. The van der Waals surface area contributed by atoms with Gasteiger partial charge in [-0.25, -0.2) is 8.42 Å². The molecule has 3 rings (SSSR count). The van der Waals surface area contributed by atoms with Gasteiger partial charge in [0.25, 0.3) is 10.0 Å². The maximum absolute atomic E-state index is 14.1. The molecule has 0 aromatic heterocycles. The van der Waals surface area contributed by atoms with Crippen LogP contribution < -0.4 is 9.62 Å². The molecule has 2 atom stereocenters. The smallest absolute Gasteiger partial charge is 0.264 e. The number of benzene rings is 3. The van der Waals surface area contributed by atoms with Crippen molar-refractivity contribution in [3.8, 4) is 0 Å². The van der Waals surface area contributed by atoms with Crippen molar-refractivity contribution >= 4 is 39.1 Å². The average Bonchev–Trinajstić information content (AvgIpc) is 2.93. The monoisotopic (exact) mass is 583 g/mol. The molecule has 0 aliphatic rings. The Morgan fingerprint density at radius 3 is 2.12 bits per heavy atom. The Kier molecular flexibility index (Phi) is 10.8. The molecule has 9 heteroatoms. The lowest BCUT2D eigenvalue weighted by molar-refractivity contribution is -0.140. The lowest BCUT2D eigenvalue weighted by Crippen LogP contribution is -2.53. The molecule has 0 heterocycles. The van der Waals surface area contributed by atoms with Gasteiger partial charge in [-0.15, -0.1) is 0 Å². The van der Waals surface area contributed by atoms with Gasteiger partial charge in [-0.3, -0.25) is 13.9 Å². The summed E-state index contributed by atoms with van der Waals surface area (Å²) in [7, 11) is -4.18. The summed E-state index contributed by atoms with van der Waals surface area (Å²) in [6.07, 6.45) is 1.10. The summed E-state index contributed by atoms with van der Waals surface area (Å²) in [5.74, 6) is -0.783. The number of aryl methyl sites for hydroxylation is 2. The fraction of sp³-hybridized carbons (Fsp3) is 0.355. The van der Waals surface area contributed by atoms with Crippen LogP contribution in [0, 0.1) is 13.8 Å². The fourth-order valence-corrected chi connectivity index (χ4v) is 6.06. The highest BCUT2D eigenvalue weighted by Gasteiger charge is 2.34. The van der Waals surface area contributed by atoms with Gasteiger partial charge in [0.1, 0.15) is 12.6 Å². The topological polar surface area (TPSA) is 86.8 Å². The number of para-hydroxylation sites is 1. The van der Waals surface area contributed by atoms with Crippen LogP contribution in [-0.2, 0) is 26.2 Å². The van der Waals surface area contributed by atoms with Crippen LogP contribution in [0.2, 0.25) is 5.02 Å². The molecule has 214 valence electrons. The van der Waals surface area contributed by atoms with E-state index in [0.29, 0.717) is 6.42 Å². The van der Waals surface area contributed by atoms with Crippen molar-refractivity contribution < 1.29 is 18.0 Å². The number of nitrogens with zero attached hydrogens (tertiary/aromatic N) is 2. The van der Waals surface area contributed by atoms with E-state index >= 15 is 0 Å². The highest BCUT2D eigenvalue weighted by atomic mass is 35.5. The summed E-state index contributed by atoms with van der Waals surface area (Å²) in [4.78, 5) is 29.0. The lowest BCUT2D eigenvalue weighted by atomic mass is 10.1. The number of halogens is 1. The minimum atomic E-state index is -4.18. The number of carbonyl (C=O) groups is 2. The SMILES string of the molecule is CC[C@H](C(=O)N[C@@H](C)CC)N(Cc1ccccc1C)C(=O)CN(c1ccccc1Cl)S(=O)(=O)c1ccc(C)cc1. The van der Waals surface area contributed by atoms with Gasteiger partial charge < -0.3 is 10.2 Å². The third-order valence-corrected chi connectivity index (χ3v) is 9.09. The summed E-state index contributed by atoms with van der Waals surface area (Å²) in [5, 5.41) is 3.18. The van der Waals surface area contributed by atoms with Crippen molar-refractivity contribution in [2.24, 2.45) is 0 Å². The van der Waals surface area contributed by atoms with Crippen LogP contribution in [0.1, 0.15) is 50.3 Å². The van der Waals surface area contributed by atoms with E-state index in [-0.39, 0.29) is 34.1 Å². The zero-order valence-electron chi connectivity index (χ0n) is 23.7. The van der Waals surface area contributed by atoms with Gasteiger partial charge in [-0.05, 0) is 69.0 Å². The molecular weight excluding hydrogens is 546 g/mol. The first-order valence-corrected chi connectivity index (χ1v) is 15.3. The molecule has 0 unspecified atom stereocenters. The molecular formula is C31H38ClN3O4S. The van der Waals surface area contributed by atoms with E-state index in [9.17, 15) is 18.0 Å². The van der Waals surface area contributed by atoms with Crippen LogP contribution in [0.5, 0.6) is 0 Å². The minimum absolute atomic E-state index is 0.0397. The zero-order valence-corrected chi connectivity index (χ0v) is 25.3.